The molecule has 0 saturated heterocycles. The normalized spacial score (nSPS) is 20.5. The number of hydrogen-bond donors (Lipinski definition) is 0. The monoisotopic (exact) mass is 470 g/mol. The van der Waals surface area contributed by atoms with Gasteiger partial charge in [-0.1, -0.05) is 62.2 Å². The largest absolute Gasteiger partial charge is 0.497 e. The summed E-state index contributed by atoms with van der Waals surface area (Å²) in [6.07, 6.45) is 9.02. The van der Waals surface area contributed by atoms with Gasteiger partial charge in [0.15, 0.2) is 0 Å². The number of methoxy groups -OCH3 is 1. The van der Waals surface area contributed by atoms with Crippen molar-refractivity contribution >= 4 is 31.9 Å². The molecular formula is C20H24Br2O3. The molecule has 0 spiro atoms. The van der Waals surface area contributed by atoms with E-state index in [9.17, 15) is 0 Å². The second kappa shape index (κ2) is 10.3. The van der Waals surface area contributed by atoms with Crippen LogP contribution in [-0.2, 0) is 16.1 Å². The van der Waals surface area contributed by atoms with Crippen molar-refractivity contribution in [3.63, 3.8) is 0 Å². The van der Waals surface area contributed by atoms with E-state index in [1.807, 2.05) is 36.4 Å². The molecule has 0 N–H and O–H groups in total. The van der Waals surface area contributed by atoms with Crippen molar-refractivity contribution in [2.75, 3.05) is 25.7 Å². The summed E-state index contributed by atoms with van der Waals surface area (Å²) in [5.74, 6) is 0.854. The maximum Gasteiger partial charge on any atom is 0.118 e. The van der Waals surface area contributed by atoms with Gasteiger partial charge in [0.05, 0.1) is 32.5 Å². The number of rotatable bonds is 9. The Balaban J connectivity index is 1.88. The van der Waals surface area contributed by atoms with E-state index >= 15 is 0 Å². The Hall–Kier alpha value is -0.880. The summed E-state index contributed by atoms with van der Waals surface area (Å²) in [4.78, 5) is 0. The fraction of sp³-hybridized carbons (Fsp3) is 0.400. The molecule has 0 heterocycles. The van der Waals surface area contributed by atoms with Gasteiger partial charge in [-0.3, -0.25) is 0 Å². The highest BCUT2D eigenvalue weighted by Crippen LogP contribution is 2.33. The van der Waals surface area contributed by atoms with E-state index in [4.69, 9.17) is 14.2 Å². The molecule has 0 amide bonds. The number of benzene rings is 1. The van der Waals surface area contributed by atoms with Gasteiger partial charge in [-0.2, -0.15) is 0 Å². The fourth-order valence-corrected chi connectivity index (χ4v) is 3.16. The van der Waals surface area contributed by atoms with E-state index < -0.39 is 0 Å². The number of hydrogen-bond acceptors (Lipinski definition) is 3. The molecule has 1 unspecified atom stereocenters. The maximum absolute atomic E-state index is 6.20. The number of halogens is 2. The van der Waals surface area contributed by atoms with E-state index in [0.717, 1.165) is 27.5 Å². The molecule has 136 valence electrons. The molecular weight excluding hydrogens is 448 g/mol. The molecule has 0 radical (unpaired) electrons. The summed E-state index contributed by atoms with van der Waals surface area (Å²) < 4.78 is 18.2. The molecule has 0 bridgehead atoms. The first-order valence-electron chi connectivity index (χ1n) is 8.18. The quantitative estimate of drug-likeness (QED) is 0.268. The first kappa shape index (κ1) is 20.4. The van der Waals surface area contributed by atoms with Crippen LogP contribution in [0.3, 0.4) is 0 Å². The van der Waals surface area contributed by atoms with Crippen LogP contribution >= 0.6 is 31.9 Å². The molecule has 1 aromatic carbocycles. The van der Waals surface area contributed by atoms with Gasteiger partial charge in [0, 0.05) is 16.2 Å². The number of ether oxygens (including phenoxy) is 3. The molecule has 0 fully saturated rings. The van der Waals surface area contributed by atoms with Gasteiger partial charge in [-0.25, -0.2) is 0 Å². The zero-order chi connectivity index (χ0) is 18.1. The highest BCUT2D eigenvalue weighted by molar-refractivity contribution is 9.12. The zero-order valence-electron chi connectivity index (χ0n) is 14.6. The van der Waals surface area contributed by atoms with Gasteiger partial charge in [0.25, 0.3) is 0 Å². The Morgan fingerprint density at radius 3 is 2.60 bits per heavy atom. The zero-order valence-corrected chi connectivity index (χ0v) is 17.8. The van der Waals surface area contributed by atoms with Crippen molar-refractivity contribution < 1.29 is 14.2 Å². The van der Waals surface area contributed by atoms with Crippen molar-refractivity contribution in [2.24, 2.45) is 0 Å². The summed E-state index contributed by atoms with van der Waals surface area (Å²) in [6, 6.07) is 7.96. The van der Waals surface area contributed by atoms with Crippen LogP contribution in [0.1, 0.15) is 18.9 Å². The third kappa shape index (κ3) is 6.74. The molecule has 2 rings (SSSR count). The maximum atomic E-state index is 6.20. The third-order valence-corrected chi connectivity index (χ3v) is 5.16. The third-order valence-electron chi connectivity index (χ3n) is 3.96. The van der Waals surface area contributed by atoms with E-state index in [0.29, 0.717) is 19.8 Å². The smallest absolute Gasteiger partial charge is 0.118 e. The fourth-order valence-electron chi connectivity index (χ4n) is 2.50. The number of allylic oxidation sites excluding steroid dienone is 3. The van der Waals surface area contributed by atoms with Crippen LogP contribution < -0.4 is 4.74 Å². The van der Waals surface area contributed by atoms with E-state index in [-0.39, 0.29) is 5.60 Å². The van der Waals surface area contributed by atoms with Gasteiger partial charge >= 0.3 is 0 Å². The van der Waals surface area contributed by atoms with Gasteiger partial charge < -0.3 is 14.2 Å². The average molecular weight is 472 g/mol. The molecule has 1 aliphatic rings. The molecule has 0 saturated carbocycles. The van der Waals surface area contributed by atoms with Crippen LogP contribution in [0.4, 0.5) is 0 Å². The second-order valence-electron chi connectivity index (χ2n) is 6.05. The van der Waals surface area contributed by atoms with E-state index in [2.05, 4.69) is 50.9 Å². The van der Waals surface area contributed by atoms with Crippen LogP contribution in [-0.4, -0.2) is 31.3 Å². The van der Waals surface area contributed by atoms with Crippen molar-refractivity contribution in [1.82, 2.24) is 0 Å². The van der Waals surface area contributed by atoms with E-state index in [1.54, 1.807) is 7.11 Å². The Bertz CT molecular complexity index is 635. The Labute approximate surface area is 167 Å². The summed E-state index contributed by atoms with van der Waals surface area (Å²) in [5, 5.41) is 0.850. The predicted octanol–water partition coefficient (Wildman–Crippen LogP) is 5.55. The first-order valence-corrected chi connectivity index (χ1v) is 10.1. The van der Waals surface area contributed by atoms with Gasteiger partial charge in [0.2, 0.25) is 0 Å². The Morgan fingerprint density at radius 1 is 1.16 bits per heavy atom. The molecule has 3 nitrogen and oxygen atoms in total. The van der Waals surface area contributed by atoms with Crippen LogP contribution in [0.5, 0.6) is 5.75 Å². The Kier molecular flexibility index (Phi) is 8.43. The van der Waals surface area contributed by atoms with Crippen molar-refractivity contribution in [2.45, 2.75) is 25.6 Å². The van der Waals surface area contributed by atoms with Crippen LogP contribution in [0, 0.1) is 0 Å². The lowest BCUT2D eigenvalue weighted by molar-refractivity contribution is -0.00961. The summed E-state index contributed by atoms with van der Waals surface area (Å²) in [7, 11) is 1.67. The number of alkyl halides is 1. The molecule has 0 aromatic heterocycles. The highest BCUT2D eigenvalue weighted by Gasteiger charge is 2.27. The topological polar surface area (TPSA) is 27.7 Å². The lowest BCUT2D eigenvalue weighted by Gasteiger charge is -2.31. The molecule has 25 heavy (non-hydrogen) atoms. The summed E-state index contributed by atoms with van der Waals surface area (Å²) in [5.41, 5.74) is 2.01. The average Bonchev–Trinajstić information content (AvgIpc) is 2.63. The lowest BCUT2D eigenvalue weighted by atomic mass is 9.91. The highest BCUT2D eigenvalue weighted by atomic mass is 79.9. The first-order chi connectivity index (χ1) is 12.1. The van der Waals surface area contributed by atoms with Crippen molar-refractivity contribution in [3.8, 4) is 5.75 Å². The van der Waals surface area contributed by atoms with Crippen LogP contribution in [0.2, 0.25) is 0 Å². The lowest BCUT2D eigenvalue weighted by Crippen LogP contribution is -2.29. The summed E-state index contributed by atoms with van der Waals surface area (Å²) >= 11 is 6.97. The molecule has 1 aromatic rings. The summed E-state index contributed by atoms with van der Waals surface area (Å²) in [6.45, 7) is 3.88. The van der Waals surface area contributed by atoms with Gasteiger partial charge in [0.1, 0.15) is 5.75 Å². The minimum absolute atomic E-state index is 0.332. The van der Waals surface area contributed by atoms with Gasteiger partial charge in [-0.05, 0) is 36.3 Å². The molecule has 1 aliphatic carbocycles. The van der Waals surface area contributed by atoms with Crippen molar-refractivity contribution in [3.05, 3.63) is 64.2 Å². The standard InChI is InChI=1S/C20H24Br2O3/c1-20(25-14-16-5-7-18(23-2)8-6-16)10-9-19(22)17(13-20)15-24-12-4-3-11-21/h3-10H,11-15H2,1-2H3/b4-3+. The molecule has 0 aliphatic heterocycles. The predicted molar refractivity (Wildman–Crippen MR) is 110 cm³/mol. The second-order valence-corrected chi connectivity index (χ2v) is 7.55. The Morgan fingerprint density at radius 2 is 1.92 bits per heavy atom. The molecule has 5 heteroatoms. The SMILES string of the molecule is COc1ccc(COC2(C)C=CC(Br)=C(COC/C=C/CBr)C2)cc1. The van der Waals surface area contributed by atoms with Crippen molar-refractivity contribution in [1.29, 1.82) is 0 Å². The molecule has 1 atom stereocenters. The van der Waals surface area contributed by atoms with Crippen LogP contribution in [0.15, 0.2) is 58.6 Å². The minimum Gasteiger partial charge on any atom is -0.497 e. The van der Waals surface area contributed by atoms with Crippen LogP contribution in [0.25, 0.3) is 0 Å². The van der Waals surface area contributed by atoms with Gasteiger partial charge in [-0.15, -0.1) is 0 Å². The minimum atomic E-state index is -0.332. The van der Waals surface area contributed by atoms with E-state index in [1.165, 1.54) is 5.57 Å².